The van der Waals surface area contributed by atoms with E-state index in [-0.39, 0.29) is 0 Å². The highest BCUT2D eigenvalue weighted by Crippen LogP contribution is 2.23. The summed E-state index contributed by atoms with van der Waals surface area (Å²) < 4.78 is 5.83. The number of aromatic nitrogens is 2. The SMILES string of the molecule is c1ccc(CCc2nnc(-c3ccc(N4CCNCC4)cc3)o2)cc1. The molecule has 1 aliphatic rings. The lowest BCUT2D eigenvalue weighted by Gasteiger charge is -2.29. The molecule has 0 spiro atoms. The van der Waals surface area contributed by atoms with E-state index < -0.39 is 0 Å². The monoisotopic (exact) mass is 334 g/mol. The minimum Gasteiger partial charge on any atom is -0.421 e. The smallest absolute Gasteiger partial charge is 0.247 e. The molecule has 0 aliphatic carbocycles. The van der Waals surface area contributed by atoms with Crippen LogP contribution in [0.2, 0.25) is 0 Å². The molecule has 0 unspecified atom stereocenters. The average molecular weight is 334 g/mol. The predicted octanol–water partition coefficient (Wildman–Crippen LogP) is 2.93. The van der Waals surface area contributed by atoms with Crippen LogP contribution >= 0.6 is 0 Å². The highest BCUT2D eigenvalue weighted by Gasteiger charge is 2.12. The molecule has 25 heavy (non-hydrogen) atoms. The van der Waals surface area contributed by atoms with E-state index >= 15 is 0 Å². The van der Waals surface area contributed by atoms with Crippen molar-refractivity contribution in [2.45, 2.75) is 12.8 Å². The largest absolute Gasteiger partial charge is 0.421 e. The summed E-state index contributed by atoms with van der Waals surface area (Å²) in [6.07, 6.45) is 1.67. The standard InChI is InChI=1S/C20H22N4O/c1-2-4-16(5-3-1)6-11-19-22-23-20(25-19)17-7-9-18(10-8-17)24-14-12-21-13-15-24/h1-5,7-10,21H,6,11-15H2. The number of hydrogen-bond acceptors (Lipinski definition) is 5. The van der Waals surface area contributed by atoms with Gasteiger partial charge in [0.25, 0.3) is 0 Å². The van der Waals surface area contributed by atoms with E-state index in [1.807, 2.05) is 6.07 Å². The molecule has 1 aliphatic heterocycles. The van der Waals surface area contributed by atoms with Gasteiger partial charge >= 0.3 is 0 Å². The Hall–Kier alpha value is -2.66. The van der Waals surface area contributed by atoms with Crippen molar-refractivity contribution >= 4 is 5.69 Å². The van der Waals surface area contributed by atoms with Gasteiger partial charge in [-0.1, -0.05) is 30.3 Å². The Bertz CT molecular complexity index is 792. The van der Waals surface area contributed by atoms with Crippen LogP contribution in [0.25, 0.3) is 11.5 Å². The number of rotatable bonds is 5. The molecule has 128 valence electrons. The Morgan fingerprint density at radius 3 is 2.40 bits per heavy atom. The van der Waals surface area contributed by atoms with E-state index in [1.165, 1.54) is 11.3 Å². The van der Waals surface area contributed by atoms with Crippen LogP contribution in [0.5, 0.6) is 0 Å². The zero-order valence-electron chi connectivity index (χ0n) is 14.2. The highest BCUT2D eigenvalue weighted by atomic mass is 16.4. The van der Waals surface area contributed by atoms with Crippen molar-refractivity contribution in [3.63, 3.8) is 0 Å². The number of anilines is 1. The molecule has 0 amide bonds. The summed E-state index contributed by atoms with van der Waals surface area (Å²) in [5, 5.41) is 11.8. The van der Waals surface area contributed by atoms with Crippen LogP contribution in [-0.2, 0) is 12.8 Å². The molecular weight excluding hydrogens is 312 g/mol. The molecule has 1 aromatic heterocycles. The fourth-order valence-electron chi connectivity index (χ4n) is 3.11. The average Bonchev–Trinajstić information content (AvgIpc) is 3.17. The molecule has 2 aromatic carbocycles. The van der Waals surface area contributed by atoms with E-state index in [1.54, 1.807) is 0 Å². The van der Waals surface area contributed by atoms with Gasteiger partial charge in [0.2, 0.25) is 11.8 Å². The molecule has 0 atom stereocenters. The first kappa shape index (κ1) is 15.8. The summed E-state index contributed by atoms with van der Waals surface area (Å²) in [6, 6.07) is 18.8. The fourth-order valence-corrected chi connectivity index (χ4v) is 3.11. The first-order valence-electron chi connectivity index (χ1n) is 8.81. The second kappa shape index (κ2) is 7.49. The minimum absolute atomic E-state index is 0.593. The lowest BCUT2D eigenvalue weighted by atomic mass is 10.1. The summed E-state index contributed by atoms with van der Waals surface area (Å²) in [5.74, 6) is 1.28. The second-order valence-corrected chi connectivity index (χ2v) is 6.27. The Kier molecular flexibility index (Phi) is 4.74. The summed E-state index contributed by atoms with van der Waals surface area (Å²) in [6.45, 7) is 4.17. The van der Waals surface area contributed by atoms with Crippen molar-refractivity contribution in [2.75, 3.05) is 31.1 Å². The molecule has 0 bridgehead atoms. The van der Waals surface area contributed by atoms with Gasteiger partial charge in [0.15, 0.2) is 0 Å². The normalized spacial score (nSPS) is 14.6. The maximum absolute atomic E-state index is 5.83. The number of hydrogen-bond donors (Lipinski definition) is 1. The molecule has 5 heteroatoms. The zero-order chi connectivity index (χ0) is 16.9. The third kappa shape index (κ3) is 3.88. The van der Waals surface area contributed by atoms with Crippen LogP contribution in [-0.4, -0.2) is 36.4 Å². The van der Waals surface area contributed by atoms with Gasteiger partial charge in [0.05, 0.1) is 0 Å². The van der Waals surface area contributed by atoms with Crippen LogP contribution in [0.4, 0.5) is 5.69 Å². The van der Waals surface area contributed by atoms with Crippen molar-refractivity contribution in [3.05, 3.63) is 66.1 Å². The number of aryl methyl sites for hydroxylation is 2. The molecule has 2 heterocycles. The Morgan fingerprint density at radius 1 is 0.880 bits per heavy atom. The van der Waals surface area contributed by atoms with Gasteiger partial charge in [-0.2, -0.15) is 0 Å². The Morgan fingerprint density at radius 2 is 1.64 bits per heavy atom. The van der Waals surface area contributed by atoms with Gasteiger partial charge < -0.3 is 14.6 Å². The zero-order valence-corrected chi connectivity index (χ0v) is 14.2. The number of nitrogens with one attached hydrogen (secondary N) is 1. The summed E-state index contributed by atoms with van der Waals surface area (Å²) in [5.41, 5.74) is 3.49. The summed E-state index contributed by atoms with van der Waals surface area (Å²) in [7, 11) is 0. The van der Waals surface area contributed by atoms with Crippen LogP contribution in [0.3, 0.4) is 0 Å². The Balaban J connectivity index is 1.41. The lowest BCUT2D eigenvalue weighted by molar-refractivity contribution is 0.504. The molecule has 0 radical (unpaired) electrons. The molecule has 3 aromatic rings. The van der Waals surface area contributed by atoms with Gasteiger partial charge in [-0.15, -0.1) is 10.2 Å². The van der Waals surface area contributed by atoms with Crippen LogP contribution in [0.1, 0.15) is 11.5 Å². The van der Waals surface area contributed by atoms with Gasteiger partial charge in [0, 0.05) is 43.9 Å². The van der Waals surface area contributed by atoms with Gasteiger partial charge in [-0.25, -0.2) is 0 Å². The van der Waals surface area contributed by atoms with Crippen molar-refractivity contribution in [2.24, 2.45) is 0 Å². The van der Waals surface area contributed by atoms with Crippen molar-refractivity contribution < 1.29 is 4.42 Å². The van der Waals surface area contributed by atoms with E-state index in [2.05, 4.69) is 68.9 Å². The van der Waals surface area contributed by atoms with E-state index in [4.69, 9.17) is 4.42 Å². The molecule has 0 saturated carbocycles. The van der Waals surface area contributed by atoms with Crippen molar-refractivity contribution in [3.8, 4) is 11.5 Å². The van der Waals surface area contributed by atoms with Crippen LogP contribution in [0, 0.1) is 0 Å². The molecule has 1 N–H and O–H groups in total. The van der Waals surface area contributed by atoms with Crippen molar-refractivity contribution in [1.29, 1.82) is 0 Å². The van der Waals surface area contributed by atoms with Gasteiger partial charge in [-0.05, 0) is 36.2 Å². The quantitative estimate of drug-likeness (QED) is 0.777. The molecule has 1 fully saturated rings. The number of piperazine rings is 1. The third-order valence-corrected chi connectivity index (χ3v) is 4.53. The number of nitrogens with zero attached hydrogens (tertiary/aromatic N) is 3. The second-order valence-electron chi connectivity index (χ2n) is 6.27. The van der Waals surface area contributed by atoms with Crippen molar-refractivity contribution in [1.82, 2.24) is 15.5 Å². The fraction of sp³-hybridized carbons (Fsp3) is 0.300. The summed E-state index contributed by atoms with van der Waals surface area (Å²) in [4.78, 5) is 2.39. The van der Waals surface area contributed by atoms with E-state index in [9.17, 15) is 0 Å². The molecule has 1 saturated heterocycles. The number of benzene rings is 2. The highest BCUT2D eigenvalue weighted by molar-refractivity contribution is 5.59. The molecule has 4 rings (SSSR count). The Labute approximate surface area is 147 Å². The summed E-state index contributed by atoms with van der Waals surface area (Å²) >= 11 is 0. The van der Waals surface area contributed by atoms with E-state index in [0.717, 1.165) is 44.6 Å². The van der Waals surface area contributed by atoms with Gasteiger partial charge in [-0.3, -0.25) is 0 Å². The maximum atomic E-state index is 5.83. The maximum Gasteiger partial charge on any atom is 0.247 e. The van der Waals surface area contributed by atoms with Gasteiger partial charge in [0.1, 0.15) is 0 Å². The molecule has 5 nitrogen and oxygen atoms in total. The van der Waals surface area contributed by atoms with E-state index in [0.29, 0.717) is 11.8 Å². The topological polar surface area (TPSA) is 54.2 Å². The predicted molar refractivity (Wildman–Crippen MR) is 98.7 cm³/mol. The minimum atomic E-state index is 0.593. The van der Waals surface area contributed by atoms with Crippen LogP contribution < -0.4 is 10.2 Å². The lowest BCUT2D eigenvalue weighted by Crippen LogP contribution is -2.43. The third-order valence-electron chi connectivity index (χ3n) is 4.53. The first-order chi connectivity index (χ1) is 12.4. The molecular formula is C20H22N4O. The first-order valence-corrected chi connectivity index (χ1v) is 8.81. The van der Waals surface area contributed by atoms with Crippen LogP contribution in [0.15, 0.2) is 59.0 Å².